The van der Waals surface area contributed by atoms with Gasteiger partial charge >= 0.3 is 0 Å². The largest absolute Gasteiger partial charge is 0.457 e. The van der Waals surface area contributed by atoms with Gasteiger partial charge in [-0.2, -0.15) is 0 Å². The Balaban J connectivity index is 2.24. The van der Waals surface area contributed by atoms with E-state index < -0.39 is 0 Å². The Hall–Kier alpha value is -1.14. The summed E-state index contributed by atoms with van der Waals surface area (Å²) in [5.74, 6) is 1.08. The van der Waals surface area contributed by atoms with Crippen LogP contribution in [0.2, 0.25) is 0 Å². The molecule has 2 heterocycles. The summed E-state index contributed by atoms with van der Waals surface area (Å²) in [6, 6.07) is 1.89. The molecule has 0 saturated heterocycles. The average molecular weight is 300 g/mol. The molecule has 92 valence electrons. The van der Waals surface area contributed by atoms with Gasteiger partial charge in [0.15, 0.2) is 4.67 Å². The first-order valence-corrected chi connectivity index (χ1v) is 6.35. The summed E-state index contributed by atoms with van der Waals surface area (Å²) < 4.78 is 11.4. The standard InChI is InChI=1S/C11H14BrN3O2/c1-3-8(13-4-2)11-15-14-10(17-11)7-5-6-16-9(7)12/h5-6,8,13H,3-4H2,1-2H3. The van der Waals surface area contributed by atoms with Crippen LogP contribution in [-0.2, 0) is 0 Å². The normalized spacial score (nSPS) is 12.9. The Morgan fingerprint density at radius 3 is 2.82 bits per heavy atom. The minimum Gasteiger partial charge on any atom is -0.457 e. The van der Waals surface area contributed by atoms with E-state index in [1.54, 1.807) is 12.3 Å². The van der Waals surface area contributed by atoms with Crippen molar-refractivity contribution < 1.29 is 8.83 Å². The molecule has 0 aliphatic heterocycles. The first kappa shape index (κ1) is 12.3. The Morgan fingerprint density at radius 2 is 2.24 bits per heavy atom. The molecular formula is C11H14BrN3O2. The third kappa shape index (κ3) is 2.58. The van der Waals surface area contributed by atoms with Crippen LogP contribution in [0, 0.1) is 0 Å². The van der Waals surface area contributed by atoms with Gasteiger partial charge in [0.2, 0.25) is 5.89 Å². The number of hydrogen-bond donors (Lipinski definition) is 1. The molecule has 0 bridgehead atoms. The van der Waals surface area contributed by atoms with E-state index in [-0.39, 0.29) is 6.04 Å². The quantitative estimate of drug-likeness (QED) is 0.919. The van der Waals surface area contributed by atoms with Crippen LogP contribution in [-0.4, -0.2) is 16.7 Å². The first-order chi connectivity index (χ1) is 8.26. The van der Waals surface area contributed by atoms with E-state index in [4.69, 9.17) is 8.83 Å². The van der Waals surface area contributed by atoms with Gasteiger partial charge in [-0.1, -0.05) is 13.8 Å². The van der Waals surface area contributed by atoms with Gasteiger partial charge in [-0.3, -0.25) is 0 Å². The van der Waals surface area contributed by atoms with Crippen LogP contribution in [0.15, 0.2) is 25.8 Å². The molecular weight excluding hydrogens is 286 g/mol. The highest BCUT2D eigenvalue weighted by atomic mass is 79.9. The molecule has 0 aromatic carbocycles. The van der Waals surface area contributed by atoms with Gasteiger partial charge in [-0.15, -0.1) is 10.2 Å². The lowest BCUT2D eigenvalue weighted by Gasteiger charge is -2.09. The number of hydrogen-bond acceptors (Lipinski definition) is 5. The number of nitrogens with zero attached hydrogens (tertiary/aromatic N) is 2. The number of rotatable bonds is 5. The fraction of sp³-hybridized carbons (Fsp3) is 0.455. The third-order valence-corrected chi connectivity index (χ3v) is 3.06. The molecule has 2 rings (SSSR count). The second-order valence-corrected chi connectivity index (χ2v) is 4.29. The summed E-state index contributed by atoms with van der Waals surface area (Å²) in [5, 5.41) is 11.4. The summed E-state index contributed by atoms with van der Waals surface area (Å²) in [4.78, 5) is 0. The van der Waals surface area contributed by atoms with Crippen molar-refractivity contribution in [3.63, 3.8) is 0 Å². The van der Waals surface area contributed by atoms with E-state index in [2.05, 4.69) is 38.4 Å². The molecule has 17 heavy (non-hydrogen) atoms. The monoisotopic (exact) mass is 299 g/mol. The van der Waals surface area contributed by atoms with E-state index in [9.17, 15) is 0 Å². The Morgan fingerprint density at radius 1 is 1.41 bits per heavy atom. The molecule has 2 aromatic rings. The van der Waals surface area contributed by atoms with Gasteiger partial charge in [0.1, 0.15) is 0 Å². The molecule has 0 fully saturated rings. The van der Waals surface area contributed by atoms with Crippen molar-refractivity contribution in [2.24, 2.45) is 0 Å². The third-order valence-electron chi connectivity index (χ3n) is 2.45. The van der Waals surface area contributed by atoms with Gasteiger partial charge < -0.3 is 14.2 Å². The molecule has 6 heteroatoms. The van der Waals surface area contributed by atoms with Crippen LogP contribution in [0.25, 0.3) is 11.5 Å². The zero-order valence-electron chi connectivity index (χ0n) is 9.74. The smallest absolute Gasteiger partial charge is 0.252 e. The number of nitrogens with one attached hydrogen (secondary N) is 1. The van der Waals surface area contributed by atoms with Gasteiger partial charge in [0, 0.05) is 0 Å². The highest BCUT2D eigenvalue weighted by Crippen LogP contribution is 2.29. The fourth-order valence-corrected chi connectivity index (χ4v) is 1.99. The Labute approximate surface area is 108 Å². The summed E-state index contributed by atoms with van der Waals surface area (Å²) >= 11 is 3.29. The molecule has 1 N–H and O–H groups in total. The van der Waals surface area contributed by atoms with Crippen molar-refractivity contribution >= 4 is 15.9 Å². The second-order valence-electron chi connectivity index (χ2n) is 3.57. The maximum absolute atomic E-state index is 5.64. The lowest BCUT2D eigenvalue weighted by Crippen LogP contribution is -2.20. The first-order valence-electron chi connectivity index (χ1n) is 5.56. The van der Waals surface area contributed by atoms with Crippen LogP contribution in [0.4, 0.5) is 0 Å². The summed E-state index contributed by atoms with van der Waals surface area (Å²) in [6.07, 6.45) is 2.48. The molecule has 1 atom stereocenters. The molecule has 0 saturated carbocycles. The van der Waals surface area contributed by atoms with Gasteiger partial charge in [0.25, 0.3) is 5.89 Å². The number of furan rings is 1. The summed E-state index contributed by atoms with van der Waals surface area (Å²) in [6.45, 7) is 4.99. The van der Waals surface area contributed by atoms with E-state index in [0.717, 1.165) is 18.5 Å². The molecule has 0 aliphatic carbocycles. The van der Waals surface area contributed by atoms with E-state index in [1.807, 2.05) is 6.92 Å². The number of aromatic nitrogens is 2. The lowest BCUT2D eigenvalue weighted by molar-refractivity contribution is 0.401. The highest BCUT2D eigenvalue weighted by Gasteiger charge is 2.18. The zero-order chi connectivity index (χ0) is 12.3. The molecule has 0 spiro atoms. The maximum atomic E-state index is 5.64. The highest BCUT2D eigenvalue weighted by molar-refractivity contribution is 9.10. The second kappa shape index (κ2) is 5.46. The lowest BCUT2D eigenvalue weighted by atomic mass is 10.2. The molecule has 0 aliphatic rings. The minimum atomic E-state index is 0.104. The van der Waals surface area contributed by atoms with Gasteiger partial charge in [0.05, 0.1) is 17.9 Å². The average Bonchev–Trinajstić information content (AvgIpc) is 2.94. The minimum absolute atomic E-state index is 0.104. The topological polar surface area (TPSA) is 64.1 Å². The zero-order valence-corrected chi connectivity index (χ0v) is 11.3. The SMILES string of the molecule is CCNC(CC)c1nnc(-c2ccoc2Br)o1. The summed E-state index contributed by atoms with van der Waals surface area (Å²) in [5.41, 5.74) is 0.773. The molecule has 5 nitrogen and oxygen atoms in total. The van der Waals surface area contributed by atoms with Crippen molar-refractivity contribution in [3.8, 4) is 11.5 Å². The molecule has 0 radical (unpaired) electrons. The van der Waals surface area contributed by atoms with Crippen molar-refractivity contribution in [2.45, 2.75) is 26.3 Å². The molecule has 1 unspecified atom stereocenters. The molecule has 0 amide bonds. The van der Waals surface area contributed by atoms with Crippen molar-refractivity contribution in [1.29, 1.82) is 0 Å². The van der Waals surface area contributed by atoms with Crippen molar-refractivity contribution in [2.75, 3.05) is 6.54 Å². The Kier molecular flexibility index (Phi) is 3.96. The molecule has 2 aromatic heterocycles. The van der Waals surface area contributed by atoms with Crippen molar-refractivity contribution in [1.82, 2.24) is 15.5 Å². The Bertz CT molecular complexity index is 481. The number of halogens is 1. The van der Waals surface area contributed by atoms with E-state index in [0.29, 0.717) is 16.5 Å². The van der Waals surface area contributed by atoms with E-state index >= 15 is 0 Å². The van der Waals surface area contributed by atoms with Crippen LogP contribution in [0.3, 0.4) is 0 Å². The van der Waals surface area contributed by atoms with Crippen LogP contribution >= 0.6 is 15.9 Å². The summed E-state index contributed by atoms with van der Waals surface area (Å²) in [7, 11) is 0. The van der Waals surface area contributed by atoms with Crippen LogP contribution < -0.4 is 5.32 Å². The van der Waals surface area contributed by atoms with Crippen LogP contribution in [0.5, 0.6) is 0 Å². The predicted octanol–water partition coefficient (Wildman–Crippen LogP) is 3.15. The van der Waals surface area contributed by atoms with Gasteiger partial charge in [-0.05, 0) is 35.0 Å². The maximum Gasteiger partial charge on any atom is 0.252 e. The van der Waals surface area contributed by atoms with Crippen molar-refractivity contribution in [3.05, 3.63) is 22.9 Å². The van der Waals surface area contributed by atoms with Gasteiger partial charge in [-0.25, -0.2) is 0 Å². The van der Waals surface area contributed by atoms with Crippen LogP contribution in [0.1, 0.15) is 32.2 Å². The fourth-order valence-electron chi connectivity index (χ4n) is 1.58. The predicted molar refractivity (Wildman–Crippen MR) is 66.4 cm³/mol. The van der Waals surface area contributed by atoms with E-state index in [1.165, 1.54) is 0 Å².